The summed E-state index contributed by atoms with van der Waals surface area (Å²) in [5.41, 5.74) is 4.64. The zero-order valence-electron chi connectivity index (χ0n) is 16.6. The molecule has 150 valence electrons. The van der Waals surface area contributed by atoms with E-state index in [1.165, 1.54) is 11.1 Å². The van der Waals surface area contributed by atoms with Crippen molar-refractivity contribution in [2.45, 2.75) is 19.1 Å². The standard InChI is InChI=1S/C24H24ClNO3/c1-27-21-9-8-18(12-20(21)25)24-19-14-23(29-15-16-6-4-3-5-7-16)22(28-2)13-17(19)10-11-26-24/h3-9,12-14,24,26H,10-11,15H2,1-2H3. The molecule has 1 aliphatic rings. The van der Waals surface area contributed by atoms with E-state index in [1.807, 2.05) is 36.4 Å². The number of methoxy groups -OCH3 is 2. The highest BCUT2D eigenvalue weighted by Crippen LogP contribution is 2.39. The van der Waals surface area contributed by atoms with Gasteiger partial charge in [-0.1, -0.05) is 48.0 Å². The molecule has 1 atom stereocenters. The van der Waals surface area contributed by atoms with Gasteiger partial charge in [-0.15, -0.1) is 0 Å². The van der Waals surface area contributed by atoms with Crippen LogP contribution in [0.4, 0.5) is 0 Å². The Morgan fingerprint density at radius 2 is 1.72 bits per heavy atom. The number of halogens is 1. The first-order chi connectivity index (χ1) is 14.2. The maximum absolute atomic E-state index is 6.37. The number of fused-ring (bicyclic) bond motifs is 1. The fraction of sp³-hybridized carbons (Fsp3) is 0.250. The van der Waals surface area contributed by atoms with E-state index in [0.29, 0.717) is 17.4 Å². The molecule has 0 radical (unpaired) electrons. The van der Waals surface area contributed by atoms with Gasteiger partial charge in [0.1, 0.15) is 12.4 Å². The fourth-order valence-corrected chi connectivity index (χ4v) is 4.00. The third kappa shape index (κ3) is 4.19. The lowest BCUT2D eigenvalue weighted by atomic mass is 9.89. The van der Waals surface area contributed by atoms with Crippen molar-refractivity contribution in [1.82, 2.24) is 5.32 Å². The lowest BCUT2D eigenvalue weighted by Crippen LogP contribution is -2.30. The van der Waals surface area contributed by atoms with Crippen molar-refractivity contribution in [3.8, 4) is 17.2 Å². The molecule has 0 saturated heterocycles. The van der Waals surface area contributed by atoms with Gasteiger partial charge in [0.25, 0.3) is 0 Å². The van der Waals surface area contributed by atoms with Crippen molar-refractivity contribution in [2.24, 2.45) is 0 Å². The summed E-state index contributed by atoms with van der Waals surface area (Å²) in [6.07, 6.45) is 0.936. The minimum Gasteiger partial charge on any atom is -0.495 e. The first-order valence-electron chi connectivity index (χ1n) is 9.64. The summed E-state index contributed by atoms with van der Waals surface area (Å²) in [5, 5.41) is 4.20. The number of benzene rings is 3. The van der Waals surface area contributed by atoms with E-state index in [-0.39, 0.29) is 6.04 Å². The monoisotopic (exact) mass is 409 g/mol. The molecule has 0 bridgehead atoms. The molecule has 0 aliphatic carbocycles. The van der Waals surface area contributed by atoms with Crippen molar-refractivity contribution in [3.63, 3.8) is 0 Å². The van der Waals surface area contributed by atoms with Crippen LogP contribution in [0.15, 0.2) is 60.7 Å². The SMILES string of the molecule is COc1ccc(C2NCCc3cc(OC)c(OCc4ccccc4)cc32)cc1Cl. The Morgan fingerprint density at radius 1 is 0.931 bits per heavy atom. The Labute approximate surface area is 176 Å². The van der Waals surface area contributed by atoms with Crippen molar-refractivity contribution < 1.29 is 14.2 Å². The Hall–Kier alpha value is -2.69. The number of ether oxygens (including phenoxy) is 3. The van der Waals surface area contributed by atoms with E-state index in [0.717, 1.165) is 35.6 Å². The Bertz CT molecular complexity index is 991. The number of hydrogen-bond acceptors (Lipinski definition) is 4. The van der Waals surface area contributed by atoms with Gasteiger partial charge < -0.3 is 19.5 Å². The zero-order chi connectivity index (χ0) is 20.2. The van der Waals surface area contributed by atoms with Crippen LogP contribution in [0.1, 0.15) is 28.3 Å². The second-order valence-corrected chi connectivity index (χ2v) is 7.41. The smallest absolute Gasteiger partial charge is 0.162 e. The first kappa shape index (κ1) is 19.6. The number of hydrogen-bond donors (Lipinski definition) is 1. The normalized spacial score (nSPS) is 15.5. The zero-order valence-corrected chi connectivity index (χ0v) is 17.3. The van der Waals surface area contributed by atoms with Crippen LogP contribution in [0.3, 0.4) is 0 Å². The van der Waals surface area contributed by atoms with Gasteiger partial charge in [0.2, 0.25) is 0 Å². The Kier molecular flexibility index (Phi) is 5.93. The third-order valence-electron chi connectivity index (χ3n) is 5.23. The largest absolute Gasteiger partial charge is 0.495 e. The topological polar surface area (TPSA) is 39.7 Å². The van der Waals surface area contributed by atoms with Gasteiger partial charge >= 0.3 is 0 Å². The van der Waals surface area contributed by atoms with Gasteiger partial charge in [-0.25, -0.2) is 0 Å². The molecule has 1 unspecified atom stereocenters. The van der Waals surface area contributed by atoms with Gasteiger partial charge in [-0.2, -0.15) is 0 Å². The molecule has 1 heterocycles. The van der Waals surface area contributed by atoms with Gasteiger partial charge in [-0.05, 0) is 52.9 Å². The highest BCUT2D eigenvalue weighted by Gasteiger charge is 2.24. The molecule has 0 saturated carbocycles. The molecule has 0 spiro atoms. The third-order valence-corrected chi connectivity index (χ3v) is 5.52. The first-order valence-corrected chi connectivity index (χ1v) is 10.0. The van der Waals surface area contributed by atoms with Gasteiger partial charge in [-0.3, -0.25) is 0 Å². The van der Waals surface area contributed by atoms with Crippen LogP contribution in [0.2, 0.25) is 5.02 Å². The van der Waals surface area contributed by atoms with E-state index in [1.54, 1.807) is 14.2 Å². The molecule has 4 rings (SSSR count). The maximum atomic E-state index is 6.37. The molecule has 0 aromatic heterocycles. The van der Waals surface area contributed by atoms with E-state index < -0.39 is 0 Å². The molecule has 1 aliphatic heterocycles. The summed E-state index contributed by atoms with van der Waals surface area (Å²) in [5.74, 6) is 2.17. The highest BCUT2D eigenvalue weighted by atomic mass is 35.5. The Balaban J connectivity index is 1.67. The second-order valence-electron chi connectivity index (χ2n) is 7.01. The minimum absolute atomic E-state index is 0.0344. The summed E-state index contributed by atoms with van der Waals surface area (Å²) in [4.78, 5) is 0. The summed E-state index contributed by atoms with van der Waals surface area (Å²) >= 11 is 6.37. The average molecular weight is 410 g/mol. The fourth-order valence-electron chi connectivity index (χ4n) is 3.73. The lowest BCUT2D eigenvalue weighted by molar-refractivity contribution is 0.283. The van der Waals surface area contributed by atoms with Crippen LogP contribution in [-0.2, 0) is 13.0 Å². The molecule has 1 N–H and O–H groups in total. The molecule has 4 nitrogen and oxygen atoms in total. The van der Waals surface area contributed by atoms with E-state index >= 15 is 0 Å². The lowest BCUT2D eigenvalue weighted by Gasteiger charge is -2.29. The molecule has 3 aromatic rings. The quantitative estimate of drug-likeness (QED) is 0.609. The molecule has 29 heavy (non-hydrogen) atoms. The van der Waals surface area contributed by atoms with E-state index in [9.17, 15) is 0 Å². The summed E-state index contributed by atoms with van der Waals surface area (Å²) in [6, 6.07) is 20.3. The van der Waals surface area contributed by atoms with Crippen LogP contribution in [0.25, 0.3) is 0 Å². The van der Waals surface area contributed by atoms with Gasteiger partial charge in [0.15, 0.2) is 11.5 Å². The number of rotatable bonds is 6. The average Bonchev–Trinajstić information content (AvgIpc) is 2.77. The maximum Gasteiger partial charge on any atom is 0.162 e. The molecular formula is C24H24ClNO3. The molecule has 5 heteroatoms. The summed E-state index contributed by atoms with van der Waals surface area (Å²) in [6.45, 7) is 1.37. The van der Waals surface area contributed by atoms with Crippen LogP contribution < -0.4 is 19.5 Å². The minimum atomic E-state index is 0.0344. The van der Waals surface area contributed by atoms with Crippen LogP contribution in [0.5, 0.6) is 17.2 Å². The molecule has 0 fully saturated rings. The predicted molar refractivity (Wildman–Crippen MR) is 115 cm³/mol. The van der Waals surface area contributed by atoms with E-state index in [4.69, 9.17) is 25.8 Å². The van der Waals surface area contributed by atoms with Crippen LogP contribution in [0, 0.1) is 0 Å². The predicted octanol–water partition coefficient (Wildman–Crippen LogP) is 5.17. The highest BCUT2D eigenvalue weighted by molar-refractivity contribution is 6.32. The van der Waals surface area contributed by atoms with Crippen molar-refractivity contribution >= 4 is 11.6 Å². The molecule has 3 aromatic carbocycles. The van der Waals surface area contributed by atoms with Crippen molar-refractivity contribution in [1.29, 1.82) is 0 Å². The number of nitrogens with one attached hydrogen (secondary N) is 1. The Morgan fingerprint density at radius 3 is 2.45 bits per heavy atom. The van der Waals surface area contributed by atoms with E-state index in [2.05, 4.69) is 29.6 Å². The van der Waals surface area contributed by atoms with Crippen molar-refractivity contribution in [2.75, 3.05) is 20.8 Å². The molecule has 0 amide bonds. The van der Waals surface area contributed by atoms with Crippen LogP contribution >= 0.6 is 11.6 Å². The van der Waals surface area contributed by atoms with Crippen molar-refractivity contribution in [3.05, 3.63) is 87.9 Å². The van der Waals surface area contributed by atoms with Gasteiger partial charge in [0, 0.05) is 6.54 Å². The summed E-state index contributed by atoms with van der Waals surface area (Å²) < 4.78 is 17.0. The molecular weight excluding hydrogens is 386 g/mol. The van der Waals surface area contributed by atoms with Gasteiger partial charge in [0.05, 0.1) is 25.3 Å². The summed E-state index contributed by atoms with van der Waals surface area (Å²) in [7, 11) is 3.30. The van der Waals surface area contributed by atoms with Crippen LogP contribution in [-0.4, -0.2) is 20.8 Å². The second kappa shape index (κ2) is 8.76.